The van der Waals surface area contributed by atoms with Gasteiger partial charge in [0.15, 0.2) is 0 Å². The number of nitrogens with zero attached hydrogens (tertiary/aromatic N) is 2. The number of rotatable bonds is 9. The van der Waals surface area contributed by atoms with Gasteiger partial charge in [-0.3, -0.25) is 9.80 Å². The first kappa shape index (κ1) is 35.8. The van der Waals surface area contributed by atoms with Crippen molar-refractivity contribution >= 4 is 41.3 Å². The highest BCUT2D eigenvalue weighted by Gasteiger charge is 2.41. The molecule has 254 valence electrons. The highest BCUT2D eigenvalue weighted by atomic mass is 35.5. The molecule has 0 radical (unpaired) electrons. The predicted molar refractivity (Wildman–Crippen MR) is 188 cm³/mol. The van der Waals surface area contributed by atoms with Crippen LogP contribution in [0.4, 0.5) is 0 Å². The third kappa shape index (κ3) is 9.17. The Morgan fingerprint density at radius 3 is 1.96 bits per heavy atom. The molecule has 11 heteroatoms. The van der Waals surface area contributed by atoms with Gasteiger partial charge in [0, 0.05) is 65.7 Å². The van der Waals surface area contributed by atoms with Crippen LogP contribution in [0.3, 0.4) is 0 Å². The maximum atomic E-state index is 13.3. The molecule has 0 saturated carbocycles. The number of carboxylic acids is 2. The van der Waals surface area contributed by atoms with Gasteiger partial charge in [-0.1, -0.05) is 102 Å². The summed E-state index contributed by atoms with van der Waals surface area (Å²) in [6, 6.07) is 33.2. The number of carbonyl (C=O) groups is 3. The molecule has 1 fully saturated rings. The maximum absolute atomic E-state index is 13.3. The molecule has 1 atom stereocenters. The van der Waals surface area contributed by atoms with E-state index >= 15 is 0 Å². The molecule has 2 aliphatic heterocycles. The van der Waals surface area contributed by atoms with E-state index in [1.807, 2.05) is 54.2 Å². The molecule has 9 nitrogen and oxygen atoms in total. The highest BCUT2D eigenvalue weighted by Crippen LogP contribution is 2.43. The average Bonchev–Trinajstić information content (AvgIpc) is 3.28. The van der Waals surface area contributed by atoms with Crippen LogP contribution in [0.5, 0.6) is 0 Å². The van der Waals surface area contributed by atoms with Crippen molar-refractivity contribution in [2.24, 2.45) is 0 Å². The number of piperazine rings is 1. The fourth-order valence-electron chi connectivity index (χ4n) is 5.98. The summed E-state index contributed by atoms with van der Waals surface area (Å²) >= 11 is 8.29. The molecule has 0 spiro atoms. The first-order valence-corrected chi connectivity index (χ1v) is 17.0. The monoisotopic (exact) mass is 700 g/mol. The lowest BCUT2D eigenvalue weighted by Crippen LogP contribution is -2.49. The Bertz CT molecular complexity index is 1720. The second-order valence-corrected chi connectivity index (χ2v) is 13.1. The quantitative estimate of drug-likeness (QED) is 0.144. The van der Waals surface area contributed by atoms with E-state index in [0.717, 1.165) is 37.6 Å². The number of halogens is 1. The molecule has 1 unspecified atom stereocenters. The Hall–Kier alpha value is -4.45. The molecular formula is C38H37ClN2O7S. The zero-order valence-electron chi connectivity index (χ0n) is 26.7. The lowest BCUT2D eigenvalue weighted by molar-refractivity contribution is -0.162. The van der Waals surface area contributed by atoms with Crippen LogP contribution in [0, 0.1) is 0 Å². The van der Waals surface area contributed by atoms with Gasteiger partial charge in [-0.2, -0.15) is 0 Å². The van der Waals surface area contributed by atoms with Crippen molar-refractivity contribution < 1.29 is 34.4 Å². The van der Waals surface area contributed by atoms with Gasteiger partial charge in [-0.05, 0) is 52.9 Å². The van der Waals surface area contributed by atoms with Crippen molar-refractivity contribution in [3.63, 3.8) is 0 Å². The molecule has 3 N–H and O–H groups in total. The third-order valence-electron chi connectivity index (χ3n) is 8.47. The summed E-state index contributed by atoms with van der Waals surface area (Å²) in [6.07, 6.45) is 2.07. The zero-order chi connectivity index (χ0) is 34.8. The van der Waals surface area contributed by atoms with Crippen LogP contribution in [-0.2, 0) is 31.1 Å². The first-order chi connectivity index (χ1) is 23.6. The highest BCUT2D eigenvalue weighted by molar-refractivity contribution is 7.99. The van der Waals surface area contributed by atoms with E-state index in [2.05, 4.69) is 46.2 Å². The van der Waals surface area contributed by atoms with Crippen LogP contribution in [-0.4, -0.2) is 82.4 Å². The van der Waals surface area contributed by atoms with Crippen molar-refractivity contribution in [2.75, 3.05) is 39.3 Å². The van der Waals surface area contributed by atoms with Gasteiger partial charge in [0.2, 0.25) is 5.60 Å². The Balaban J connectivity index is 0.000000523. The molecule has 1 saturated heterocycles. The van der Waals surface area contributed by atoms with E-state index in [4.69, 9.17) is 26.6 Å². The van der Waals surface area contributed by atoms with E-state index in [1.165, 1.54) is 20.9 Å². The minimum Gasteiger partial charge on any atom is -0.478 e. The molecule has 0 aliphatic carbocycles. The number of hydrogen-bond donors (Lipinski definition) is 3. The second-order valence-electron chi connectivity index (χ2n) is 11.6. The first-order valence-electron chi connectivity index (χ1n) is 15.8. The summed E-state index contributed by atoms with van der Waals surface area (Å²) in [7, 11) is 0. The lowest BCUT2D eigenvalue weighted by atomic mass is 9.86. The summed E-state index contributed by atoms with van der Waals surface area (Å²) in [5.74, 6) is -3.17. The topological polar surface area (TPSA) is 128 Å². The summed E-state index contributed by atoms with van der Waals surface area (Å²) < 4.78 is 5.72. The van der Waals surface area contributed by atoms with Gasteiger partial charge in [0.25, 0.3) is 0 Å². The Morgan fingerprint density at radius 1 is 0.796 bits per heavy atom. The number of carbonyl (C=O) groups excluding carboxylic acids is 1. The van der Waals surface area contributed by atoms with Gasteiger partial charge in [-0.15, -0.1) is 0 Å². The maximum Gasteiger partial charge on any atom is 0.347 e. The van der Waals surface area contributed by atoms with Crippen LogP contribution in [0.15, 0.2) is 125 Å². The van der Waals surface area contributed by atoms with Crippen molar-refractivity contribution in [1.82, 2.24) is 9.80 Å². The van der Waals surface area contributed by atoms with E-state index in [9.17, 15) is 19.5 Å². The number of fused-ring (bicyclic) bond motifs is 2. The number of aliphatic hydroxyl groups is 1. The summed E-state index contributed by atoms with van der Waals surface area (Å²) in [5.41, 5.74) is 1.79. The Kier molecular flexibility index (Phi) is 12.3. The lowest BCUT2D eigenvalue weighted by Gasteiger charge is -2.39. The molecule has 0 bridgehead atoms. The van der Waals surface area contributed by atoms with Crippen LogP contribution >= 0.6 is 23.4 Å². The van der Waals surface area contributed by atoms with E-state index in [1.54, 1.807) is 24.3 Å². The standard InChI is InChI=1S/C34H33ClN2O3S.C4H4O4/c35-28-15-16-32-29(24-28)30(23-25-9-7-8-14-31(25)41-32)37-19-17-36(18-20-37)21-22-40-33(38)34(39,26-10-3-1-4-11-26)27-12-5-2-6-13-27;5-3(6)1-2-4(7)8/h1-16,24,30,39H,17-23H2;1-2H,(H,5,6)(H,7,8)/b;2-1-. The summed E-state index contributed by atoms with van der Waals surface area (Å²) in [6.45, 7) is 4.41. The van der Waals surface area contributed by atoms with Crippen molar-refractivity contribution in [3.8, 4) is 0 Å². The second kappa shape index (κ2) is 16.8. The molecule has 2 aliphatic rings. The smallest absolute Gasteiger partial charge is 0.347 e. The molecule has 4 aromatic rings. The van der Waals surface area contributed by atoms with Crippen LogP contribution in [0.1, 0.15) is 28.3 Å². The molecule has 6 rings (SSSR count). The van der Waals surface area contributed by atoms with E-state index in [0.29, 0.717) is 29.8 Å². The van der Waals surface area contributed by atoms with Gasteiger partial charge < -0.3 is 20.1 Å². The van der Waals surface area contributed by atoms with Crippen LogP contribution in [0.25, 0.3) is 0 Å². The van der Waals surface area contributed by atoms with Gasteiger partial charge in [-0.25, -0.2) is 14.4 Å². The SMILES string of the molecule is O=C(O)/C=C\C(=O)O.O=C(OCCN1CCN(C2Cc3ccccc3Sc3ccc(Cl)cc32)CC1)C(O)(c1ccccc1)c1ccccc1. The number of hydrogen-bond acceptors (Lipinski definition) is 8. The molecule has 2 heterocycles. The minimum atomic E-state index is -1.86. The third-order valence-corrected chi connectivity index (χ3v) is 9.92. The van der Waals surface area contributed by atoms with Gasteiger partial charge in [0.05, 0.1) is 0 Å². The number of ether oxygens (including phenoxy) is 1. The van der Waals surface area contributed by atoms with Crippen molar-refractivity contribution in [2.45, 2.75) is 27.9 Å². The Morgan fingerprint density at radius 2 is 1.37 bits per heavy atom. The molecule has 4 aromatic carbocycles. The number of benzene rings is 4. The van der Waals surface area contributed by atoms with Crippen molar-refractivity contribution in [3.05, 3.63) is 143 Å². The fourth-order valence-corrected chi connectivity index (χ4v) is 7.28. The van der Waals surface area contributed by atoms with Gasteiger partial charge in [0.1, 0.15) is 6.61 Å². The summed E-state index contributed by atoms with van der Waals surface area (Å²) in [5, 5.41) is 28.0. The molecule has 0 amide bonds. The van der Waals surface area contributed by atoms with E-state index < -0.39 is 23.5 Å². The molecular weight excluding hydrogens is 664 g/mol. The minimum absolute atomic E-state index is 0.215. The number of esters is 1. The van der Waals surface area contributed by atoms with Crippen molar-refractivity contribution in [1.29, 1.82) is 0 Å². The van der Waals surface area contributed by atoms with E-state index in [-0.39, 0.29) is 12.6 Å². The largest absolute Gasteiger partial charge is 0.478 e. The predicted octanol–water partition coefficient (Wildman–Crippen LogP) is 5.90. The zero-order valence-corrected chi connectivity index (χ0v) is 28.2. The van der Waals surface area contributed by atoms with Crippen LogP contribution < -0.4 is 0 Å². The molecule has 49 heavy (non-hydrogen) atoms. The Labute approximate surface area is 294 Å². The number of aliphatic carboxylic acids is 2. The average molecular weight is 701 g/mol. The van der Waals surface area contributed by atoms with Gasteiger partial charge >= 0.3 is 17.9 Å². The fraction of sp³-hybridized carbons (Fsp3) is 0.237. The molecule has 0 aromatic heterocycles. The number of carboxylic acid groups (broad SMARTS) is 2. The summed E-state index contributed by atoms with van der Waals surface area (Å²) in [4.78, 5) is 39.9. The van der Waals surface area contributed by atoms with Crippen LogP contribution in [0.2, 0.25) is 5.02 Å². The normalized spacial score (nSPS) is 16.4.